The van der Waals surface area contributed by atoms with Crippen LogP contribution < -0.4 is 21.1 Å². The summed E-state index contributed by atoms with van der Waals surface area (Å²) in [5, 5.41) is 5.81. The maximum atomic E-state index is 13.2. The van der Waals surface area contributed by atoms with Crippen molar-refractivity contribution in [2.24, 2.45) is 10.7 Å². The highest BCUT2D eigenvalue weighted by atomic mass is 32.2. The van der Waals surface area contributed by atoms with Crippen molar-refractivity contribution in [3.05, 3.63) is 96.4 Å². The summed E-state index contributed by atoms with van der Waals surface area (Å²) in [5.74, 6) is -0.231. The number of benzene rings is 3. The van der Waals surface area contributed by atoms with E-state index in [-0.39, 0.29) is 22.6 Å². The number of hydrogen-bond donors (Lipinski definition) is 3. The molecule has 4 rings (SSSR count). The van der Waals surface area contributed by atoms with Gasteiger partial charge in [-0.05, 0) is 73.5 Å². The predicted molar refractivity (Wildman–Crippen MR) is 159 cm³/mol. The largest absolute Gasteiger partial charge is 0.492 e. The lowest BCUT2D eigenvalue weighted by Crippen LogP contribution is -2.22. The number of carbonyl (C=O) groups excluding carboxylic acids is 1. The summed E-state index contributed by atoms with van der Waals surface area (Å²) < 4.78 is 42.5. The van der Waals surface area contributed by atoms with E-state index >= 15 is 0 Å². The minimum Gasteiger partial charge on any atom is -0.492 e. The molecule has 0 radical (unpaired) electrons. The van der Waals surface area contributed by atoms with Gasteiger partial charge >= 0.3 is 0 Å². The molecule has 3 aromatic carbocycles. The highest BCUT2D eigenvalue weighted by molar-refractivity contribution is 7.90. The summed E-state index contributed by atoms with van der Waals surface area (Å²) in [6, 6.07) is 21.2. The molecule has 1 atom stereocenters. The molecule has 0 aliphatic heterocycles. The first kappa shape index (κ1) is 29.2. The molecule has 0 spiro atoms. The Labute approximate surface area is 238 Å². The van der Waals surface area contributed by atoms with Gasteiger partial charge in [0.1, 0.15) is 11.6 Å². The normalized spacial score (nSPS) is 12.4. The zero-order valence-electron chi connectivity index (χ0n) is 22.8. The van der Waals surface area contributed by atoms with Gasteiger partial charge in [0.25, 0.3) is 0 Å². The Bertz CT molecular complexity index is 1660. The van der Waals surface area contributed by atoms with Gasteiger partial charge in [0.2, 0.25) is 5.91 Å². The zero-order valence-corrected chi connectivity index (χ0v) is 23.6. The minimum atomic E-state index is -3.40. The van der Waals surface area contributed by atoms with Crippen LogP contribution in [-0.4, -0.2) is 38.1 Å². The lowest BCUT2D eigenvalue weighted by Gasteiger charge is -2.13. The van der Waals surface area contributed by atoms with Gasteiger partial charge in [-0.3, -0.25) is 4.79 Å². The van der Waals surface area contributed by atoms with Crippen molar-refractivity contribution in [1.82, 2.24) is 4.98 Å². The van der Waals surface area contributed by atoms with Crippen LogP contribution in [0.2, 0.25) is 0 Å². The van der Waals surface area contributed by atoms with Crippen molar-refractivity contribution in [1.29, 1.82) is 0 Å². The van der Waals surface area contributed by atoms with Crippen LogP contribution in [0.15, 0.2) is 94.9 Å². The van der Waals surface area contributed by atoms with E-state index in [2.05, 4.69) is 20.6 Å². The summed E-state index contributed by atoms with van der Waals surface area (Å²) in [5.41, 5.74) is 9.62. The number of ether oxygens (including phenoxy) is 1. The fourth-order valence-corrected chi connectivity index (χ4v) is 4.56. The minimum absolute atomic E-state index is 0.0493. The van der Waals surface area contributed by atoms with Gasteiger partial charge in [0.15, 0.2) is 21.6 Å². The molecule has 0 aliphatic carbocycles. The van der Waals surface area contributed by atoms with Crippen molar-refractivity contribution < 1.29 is 22.3 Å². The van der Waals surface area contributed by atoms with Gasteiger partial charge in [0.05, 0.1) is 23.1 Å². The number of sulfone groups is 1. The molecular weight excluding hydrogens is 545 g/mol. The third-order valence-corrected chi connectivity index (χ3v) is 7.29. The van der Waals surface area contributed by atoms with Crippen molar-refractivity contribution in [2.45, 2.75) is 24.7 Å². The number of nitrogens with two attached hydrogens (primary N) is 1. The maximum absolute atomic E-state index is 13.2. The lowest BCUT2D eigenvalue weighted by molar-refractivity contribution is -0.117. The number of carbonyl (C=O) groups is 1. The smallest absolute Gasteiger partial charge is 0.231 e. The molecular formula is C30H30FN5O4S. The van der Waals surface area contributed by atoms with E-state index in [4.69, 9.17) is 10.5 Å². The van der Waals surface area contributed by atoms with E-state index in [9.17, 15) is 17.6 Å². The van der Waals surface area contributed by atoms with Gasteiger partial charge < -0.3 is 21.1 Å². The first-order valence-electron chi connectivity index (χ1n) is 12.7. The number of nitrogens with one attached hydrogen (secondary N) is 2. The molecule has 0 fully saturated rings. The second-order valence-electron chi connectivity index (χ2n) is 9.23. The number of nitrogens with zero attached hydrogens (tertiary/aromatic N) is 2. The van der Waals surface area contributed by atoms with E-state index in [0.29, 0.717) is 29.5 Å². The van der Waals surface area contributed by atoms with Gasteiger partial charge in [-0.15, -0.1) is 0 Å². The van der Waals surface area contributed by atoms with Crippen molar-refractivity contribution >= 4 is 38.9 Å². The van der Waals surface area contributed by atoms with Crippen molar-refractivity contribution in [2.75, 3.05) is 23.5 Å². The molecule has 0 aliphatic rings. The first-order chi connectivity index (χ1) is 19.5. The number of halogens is 1. The van der Waals surface area contributed by atoms with Crippen LogP contribution in [0.3, 0.4) is 0 Å². The van der Waals surface area contributed by atoms with Gasteiger partial charge in [0, 0.05) is 29.8 Å². The number of rotatable bonds is 9. The first-order valence-corrected chi connectivity index (χ1v) is 14.6. The Morgan fingerprint density at radius 3 is 2.29 bits per heavy atom. The standard InChI is InChI=1S/C30H30FN5O4S/c1-4-40-27-17-25(41(3,38)39)14-15-26(27)35-30(32)36-28-16-9-22(18-33-28)21-7-12-24(13-8-21)34-29(37)19(2)20-5-10-23(31)11-6-20/h5-19H,4H2,1-3H3,(H,34,37)(H3,32,33,35,36)/t19-/m1/s1. The highest BCUT2D eigenvalue weighted by Crippen LogP contribution is 2.28. The van der Waals surface area contributed by atoms with E-state index in [1.165, 1.54) is 24.3 Å². The zero-order chi connectivity index (χ0) is 29.6. The third kappa shape index (κ3) is 7.67. The van der Waals surface area contributed by atoms with Gasteiger partial charge in [-0.1, -0.05) is 24.3 Å². The molecule has 11 heteroatoms. The molecule has 0 bridgehead atoms. The second-order valence-corrected chi connectivity index (χ2v) is 11.2. The Morgan fingerprint density at radius 2 is 1.68 bits per heavy atom. The number of guanidine groups is 1. The predicted octanol–water partition coefficient (Wildman–Crippen LogP) is 5.49. The molecule has 41 heavy (non-hydrogen) atoms. The van der Waals surface area contributed by atoms with Crippen molar-refractivity contribution in [3.63, 3.8) is 0 Å². The van der Waals surface area contributed by atoms with Gasteiger partial charge in [-0.2, -0.15) is 4.99 Å². The summed E-state index contributed by atoms with van der Waals surface area (Å²) in [4.78, 5) is 21.4. The van der Waals surface area contributed by atoms with Crippen LogP contribution in [-0.2, 0) is 14.6 Å². The molecule has 0 saturated carbocycles. The number of pyridine rings is 1. The van der Waals surface area contributed by atoms with E-state index in [0.717, 1.165) is 22.9 Å². The van der Waals surface area contributed by atoms with Crippen molar-refractivity contribution in [3.8, 4) is 16.9 Å². The molecule has 1 amide bonds. The average Bonchev–Trinajstić information content (AvgIpc) is 2.94. The molecule has 9 nitrogen and oxygen atoms in total. The molecule has 0 saturated heterocycles. The van der Waals surface area contributed by atoms with Gasteiger partial charge in [-0.25, -0.2) is 17.8 Å². The Kier molecular flexibility index (Phi) is 8.98. The van der Waals surface area contributed by atoms with Crippen LogP contribution in [0.5, 0.6) is 5.75 Å². The average molecular weight is 576 g/mol. The Morgan fingerprint density at radius 1 is 1.00 bits per heavy atom. The number of aromatic nitrogens is 1. The number of anilines is 2. The highest BCUT2D eigenvalue weighted by Gasteiger charge is 2.16. The monoisotopic (exact) mass is 575 g/mol. The van der Waals surface area contributed by atoms with Crippen LogP contribution >= 0.6 is 0 Å². The fourth-order valence-electron chi connectivity index (χ4n) is 3.92. The van der Waals surface area contributed by atoms with Crippen LogP contribution in [0.1, 0.15) is 25.3 Å². The maximum Gasteiger partial charge on any atom is 0.231 e. The summed E-state index contributed by atoms with van der Waals surface area (Å²) >= 11 is 0. The van der Waals surface area contributed by atoms with E-state index < -0.39 is 15.8 Å². The van der Waals surface area contributed by atoms with Crippen LogP contribution in [0, 0.1) is 5.82 Å². The van der Waals surface area contributed by atoms with Crippen LogP contribution in [0.25, 0.3) is 11.1 Å². The molecule has 1 aromatic heterocycles. The number of hydrogen-bond acceptors (Lipinski definition) is 6. The fraction of sp³-hybridized carbons (Fsp3) is 0.167. The topological polar surface area (TPSA) is 136 Å². The SMILES string of the molecule is CCOc1cc(S(C)(=O)=O)ccc1NC(N)=Nc1ccc(-c2ccc(NC(=O)[C@H](C)c3ccc(F)cc3)cc2)cn1. The summed E-state index contributed by atoms with van der Waals surface area (Å²) in [6.07, 6.45) is 2.78. The van der Waals surface area contributed by atoms with E-state index in [1.54, 1.807) is 56.4 Å². The summed E-state index contributed by atoms with van der Waals surface area (Å²) in [7, 11) is -3.40. The quantitative estimate of drug-likeness (QED) is 0.177. The Hall–Kier alpha value is -4.77. The lowest BCUT2D eigenvalue weighted by atomic mass is 10.00. The molecule has 4 N–H and O–H groups in total. The third-order valence-electron chi connectivity index (χ3n) is 6.18. The summed E-state index contributed by atoms with van der Waals surface area (Å²) in [6.45, 7) is 3.89. The van der Waals surface area contributed by atoms with Crippen LogP contribution in [0.4, 0.5) is 21.6 Å². The molecule has 4 aromatic rings. The molecule has 0 unspecified atom stereocenters. The Balaban J connectivity index is 1.41. The number of amides is 1. The second kappa shape index (κ2) is 12.6. The number of aliphatic imine (C=N–C) groups is 1. The molecule has 1 heterocycles. The van der Waals surface area contributed by atoms with E-state index in [1.807, 2.05) is 18.2 Å². The molecule has 212 valence electrons.